The zero-order valence-electron chi connectivity index (χ0n) is 14.0. The van der Waals surface area contributed by atoms with E-state index in [4.69, 9.17) is 0 Å². The molecule has 126 valence electrons. The van der Waals surface area contributed by atoms with Crippen molar-refractivity contribution in [1.82, 2.24) is 20.4 Å². The third-order valence-electron chi connectivity index (χ3n) is 4.38. The van der Waals surface area contributed by atoms with Gasteiger partial charge >= 0.3 is 0 Å². The Hall–Kier alpha value is -0.790. The second-order valence-corrected chi connectivity index (χ2v) is 6.05. The third-order valence-corrected chi connectivity index (χ3v) is 4.38. The first-order chi connectivity index (χ1) is 10.2. The molecule has 1 fully saturated rings. The number of aryl methyl sites for hydroxylation is 1. The van der Waals surface area contributed by atoms with Crippen LogP contribution in [-0.4, -0.2) is 35.4 Å². The minimum atomic E-state index is 0. The number of hydrogen-bond donors (Lipinski definition) is 2. The van der Waals surface area contributed by atoms with E-state index in [1.54, 1.807) is 0 Å². The van der Waals surface area contributed by atoms with Crippen molar-refractivity contribution in [3.05, 3.63) is 18.0 Å². The van der Waals surface area contributed by atoms with E-state index < -0.39 is 0 Å². The van der Waals surface area contributed by atoms with Gasteiger partial charge in [0.15, 0.2) is 5.96 Å². The number of aromatic nitrogens is 2. The molecule has 1 aromatic heterocycles. The number of nitrogens with one attached hydrogen (secondary N) is 2. The van der Waals surface area contributed by atoms with E-state index in [0.29, 0.717) is 6.04 Å². The Labute approximate surface area is 151 Å². The van der Waals surface area contributed by atoms with Crippen LogP contribution in [-0.2, 0) is 6.54 Å². The molecule has 1 aliphatic rings. The predicted octanol–water partition coefficient (Wildman–Crippen LogP) is 2.94. The van der Waals surface area contributed by atoms with E-state index in [9.17, 15) is 0 Å². The lowest BCUT2D eigenvalue weighted by atomic mass is 9.84. The fraction of sp³-hybridized carbons (Fsp3) is 0.750. The molecule has 1 heterocycles. The van der Waals surface area contributed by atoms with Crippen molar-refractivity contribution in [2.75, 3.05) is 13.6 Å². The monoisotopic (exact) mass is 419 g/mol. The van der Waals surface area contributed by atoms with Gasteiger partial charge in [0.2, 0.25) is 0 Å². The molecule has 0 bridgehead atoms. The average Bonchev–Trinajstić information content (AvgIpc) is 2.92. The lowest BCUT2D eigenvalue weighted by Crippen LogP contribution is -2.45. The molecule has 0 atom stereocenters. The Kier molecular flexibility index (Phi) is 8.82. The number of halogens is 1. The largest absolute Gasteiger partial charge is 0.355 e. The van der Waals surface area contributed by atoms with E-state index in [0.717, 1.165) is 25.0 Å². The fourth-order valence-electron chi connectivity index (χ4n) is 2.98. The molecule has 5 nitrogen and oxygen atoms in total. The van der Waals surface area contributed by atoms with Crippen LogP contribution in [0.15, 0.2) is 17.4 Å². The lowest BCUT2D eigenvalue weighted by Gasteiger charge is -2.29. The molecule has 0 saturated heterocycles. The van der Waals surface area contributed by atoms with Gasteiger partial charge in [-0.25, -0.2) is 0 Å². The molecule has 6 heteroatoms. The van der Waals surface area contributed by atoms with Gasteiger partial charge in [-0.15, -0.1) is 24.0 Å². The molecule has 0 radical (unpaired) electrons. The minimum absolute atomic E-state index is 0. The topological polar surface area (TPSA) is 54.2 Å². The highest BCUT2D eigenvalue weighted by molar-refractivity contribution is 14.0. The highest BCUT2D eigenvalue weighted by Gasteiger charge is 2.20. The summed E-state index contributed by atoms with van der Waals surface area (Å²) in [6.45, 7) is 6.06. The maximum Gasteiger partial charge on any atom is 0.191 e. The van der Waals surface area contributed by atoms with Gasteiger partial charge in [0, 0.05) is 25.8 Å². The van der Waals surface area contributed by atoms with Gasteiger partial charge in [0.25, 0.3) is 0 Å². The lowest BCUT2D eigenvalue weighted by molar-refractivity contribution is 0.304. The van der Waals surface area contributed by atoms with Crippen molar-refractivity contribution >= 4 is 29.9 Å². The molecule has 0 spiro atoms. The molecule has 2 N–H and O–H groups in total. The summed E-state index contributed by atoms with van der Waals surface area (Å²) in [6, 6.07) is 0.575. The van der Waals surface area contributed by atoms with E-state index in [1.165, 1.54) is 37.7 Å². The maximum atomic E-state index is 4.32. The molecule has 0 amide bonds. The second-order valence-electron chi connectivity index (χ2n) is 6.05. The fourth-order valence-corrected chi connectivity index (χ4v) is 2.98. The summed E-state index contributed by atoms with van der Waals surface area (Å²) in [5.74, 6) is 1.85. The second kappa shape index (κ2) is 10.1. The minimum Gasteiger partial charge on any atom is -0.355 e. The molecule has 1 aliphatic carbocycles. The number of aliphatic imine (C=N–C) groups is 1. The van der Waals surface area contributed by atoms with Gasteiger partial charge in [0.05, 0.1) is 12.7 Å². The van der Waals surface area contributed by atoms with Gasteiger partial charge in [-0.05, 0) is 44.1 Å². The van der Waals surface area contributed by atoms with Gasteiger partial charge < -0.3 is 10.6 Å². The summed E-state index contributed by atoms with van der Waals surface area (Å²) in [5, 5.41) is 11.2. The van der Waals surface area contributed by atoms with Crippen molar-refractivity contribution in [3.63, 3.8) is 0 Å². The van der Waals surface area contributed by atoms with Crippen molar-refractivity contribution in [3.8, 4) is 0 Å². The highest BCUT2D eigenvalue weighted by Crippen LogP contribution is 2.26. The molecule has 0 unspecified atom stereocenters. The Morgan fingerprint density at radius 2 is 2.09 bits per heavy atom. The Morgan fingerprint density at radius 3 is 2.64 bits per heavy atom. The van der Waals surface area contributed by atoms with Crippen molar-refractivity contribution in [2.45, 2.75) is 58.5 Å². The van der Waals surface area contributed by atoms with Gasteiger partial charge in [-0.1, -0.05) is 13.3 Å². The summed E-state index contributed by atoms with van der Waals surface area (Å²) >= 11 is 0. The molecule has 1 aromatic rings. The quantitative estimate of drug-likeness (QED) is 0.439. The molecular weight excluding hydrogens is 389 g/mol. The first-order valence-corrected chi connectivity index (χ1v) is 8.17. The Balaban J connectivity index is 0.00000242. The van der Waals surface area contributed by atoms with Crippen molar-refractivity contribution in [2.24, 2.45) is 10.9 Å². The van der Waals surface area contributed by atoms with Crippen LogP contribution < -0.4 is 10.6 Å². The molecule has 2 rings (SSSR count). The zero-order chi connectivity index (χ0) is 15.1. The van der Waals surface area contributed by atoms with E-state index in [2.05, 4.69) is 40.8 Å². The molecule has 0 aromatic carbocycles. The first-order valence-electron chi connectivity index (χ1n) is 8.17. The van der Waals surface area contributed by atoms with Crippen LogP contribution in [0.25, 0.3) is 0 Å². The molecule has 1 saturated carbocycles. The summed E-state index contributed by atoms with van der Waals surface area (Å²) in [4.78, 5) is 4.32. The van der Waals surface area contributed by atoms with Gasteiger partial charge in [-0.2, -0.15) is 5.10 Å². The highest BCUT2D eigenvalue weighted by atomic mass is 127. The molecular formula is C16H30IN5. The summed E-state index contributed by atoms with van der Waals surface area (Å²) in [5.41, 5.74) is 1.20. The van der Waals surface area contributed by atoms with Crippen molar-refractivity contribution < 1.29 is 0 Å². The number of rotatable bonds is 5. The SMILES string of the molecule is CCC1CCC(NC(=NC)NCCn2cc(C)cn2)CC1.I. The standard InChI is InChI=1S/C16H29N5.HI/c1-4-14-5-7-15(8-6-14)20-16(17-3)18-9-10-21-12-13(2)11-19-21;/h11-12,14-15H,4-10H2,1-3H3,(H2,17,18,20);1H. The van der Waals surface area contributed by atoms with Gasteiger partial charge in [-0.3, -0.25) is 9.67 Å². The summed E-state index contributed by atoms with van der Waals surface area (Å²) < 4.78 is 1.96. The number of nitrogens with zero attached hydrogens (tertiary/aromatic N) is 3. The predicted molar refractivity (Wildman–Crippen MR) is 103 cm³/mol. The van der Waals surface area contributed by atoms with Crippen LogP contribution in [0.1, 0.15) is 44.6 Å². The smallest absolute Gasteiger partial charge is 0.191 e. The number of guanidine groups is 1. The van der Waals surface area contributed by atoms with Crippen molar-refractivity contribution in [1.29, 1.82) is 0 Å². The van der Waals surface area contributed by atoms with Crippen LogP contribution in [0, 0.1) is 12.8 Å². The summed E-state index contributed by atoms with van der Waals surface area (Å²) in [7, 11) is 1.84. The Bertz CT molecular complexity index is 449. The average molecular weight is 419 g/mol. The van der Waals surface area contributed by atoms with E-state index in [1.807, 2.05) is 17.9 Å². The van der Waals surface area contributed by atoms with Crippen LogP contribution in [0.2, 0.25) is 0 Å². The molecule has 0 aliphatic heterocycles. The van der Waals surface area contributed by atoms with E-state index >= 15 is 0 Å². The Morgan fingerprint density at radius 1 is 1.36 bits per heavy atom. The third kappa shape index (κ3) is 6.14. The van der Waals surface area contributed by atoms with Crippen LogP contribution in [0.5, 0.6) is 0 Å². The maximum absolute atomic E-state index is 4.32. The van der Waals surface area contributed by atoms with Gasteiger partial charge in [0.1, 0.15) is 0 Å². The summed E-state index contributed by atoms with van der Waals surface area (Å²) in [6.07, 6.45) is 10.5. The van der Waals surface area contributed by atoms with Crippen LogP contribution >= 0.6 is 24.0 Å². The molecule has 22 heavy (non-hydrogen) atoms. The van der Waals surface area contributed by atoms with Crippen LogP contribution in [0.3, 0.4) is 0 Å². The normalized spacial score (nSPS) is 22.0. The van der Waals surface area contributed by atoms with E-state index in [-0.39, 0.29) is 24.0 Å². The zero-order valence-corrected chi connectivity index (χ0v) is 16.3. The van der Waals surface area contributed by atoms with Crippen LogP contribution in [0.4, 0.5) is 0 Å². The first kappa shape index (κ1) is 19.3. The number of hydrogen-bond acceptors (Lipinski definition) is 2.